The Balaban J connectivity index is 1.15. The van der Waals surface area contributed by atoms with Crippen molar-refractivity contribution in [2.75, 3.05) is 6.61 Å². The Kier molecular flexibility index (Phi) is 7.02. The molecule has 1 spiro atoms. The molecule has 36 heavy (non-hydrogen) atoms. The van der Waals surface area contributed by atoms with Gasteiger partial charge in [-0.25, -0.2) is 9.78 Å². The molecule has 1 aliphatic carbocycles. The van der Waals surface area contributed by atoms with Crippen molar-refractivity contribution in [1.29, 1.82) is 0 Å². The van der Waals surface area contributed by atoms with Crippen LogP contribution in [0.15, 0.2) is 24.3 Å². The molecule has 0 aromatic heterocycles. The smallest absolute Gasteiger partial charge is 0.308 e. The lowest BCUT2D eigenvalue weighted by molar-refractivity contribution is -0.576. The molecule has 0 amide bonds. The van der Waals surface area contributed by atoms with Crippen LogP contribution in [0.1, 0.15) is 64.9 Å². The summed E-state index contributed by atoms with van der Waals surface area (Å²) in [6.07, 6.45) is 2.42. The molecule has 4 aliphatic heterocycles. The lowest BCUT2D eigenvalue weighted by Crippen LogP contribution is -2.70. The van der Waals surface area contributed by atoms with Crippen molar-refractivity contribution in [2.45, 2.75) is 89.7 Å². The minimum Gasteiger partial charge on any atom is -0.508 e. The third-order valence-electron chi connectivity index (χ3n) is 8.44. The van der Waals surface area contributed by atoms with E-state index in [1.54, 1.807) is 18.2 Å². The number of benzene rings is 1. The minimum atomic E-state index is -0.894. The first-order chi connectivity index (χ1) is 17.2. The largest absolute Gasteiger partial charge is 0.508 e. The van der Waals surface area contributed by atoms with Gasteiger partial charge in [0.15, 0.2) is 11.9 Å². The summed E-state index contributed by atoms with van der Waals surface area (Å²) < 4.78 is 23.5. The Bertz CT molecular complexity index is 982. The Morgan fingerprint density at radius 2 is 1.89 bits per heavy atom. The summed E-state index contributed by atoms with van der Waals surface area (Å²) in [5.41, 5.74) is 0.149. The number of rotatable bonds is 7. The first-order valence-corrected chi connectivity index (χ1v) is 13.0. The van der Waals surface area contributed by atoms with Crippen molar-refractivity contribution in [3.05, 3.63) is 29.8 Å². The van der Waals surface area contributed by atoms with E-state index in [4.69, 9.17) is 28.7 Å². The van der Waals surface area contributed by atoms with Crippen LogP contribution in [0.25, 0.3) is 0 Å². The van der Waals surface area contributed by atoms with Gasteiger partial charge < -0.3 is 24.1 Å². The lowest BCUT2D eigenvalue weighted by atomic mass is 9.58. The van der Waals surface area contributed by atoms with Crippen LogP contribution in [0.4, 0.5) is 0 Å². The zero-order valence-corrected chi connectivity index (χ0v) is 21.1. The van der Waals surface area contributed by atoms with Crippen LogP contribution in [0.5, 0.6) is 5.75 Å². The Hall–Kier alpha value is -2.20. The van der Waals surface area contributed by atoms with Gasteiger partial charge in [-0.1, -0.05) is 26.0 Å². The molecule has 8 atom stereocenters. The number of phenolic OH excluding ortho intramolecular Hbond substituents is 1. The summed E-state index contributed by atoms with van der Waals surface area (Å²) in [5.74, 6) is -1.10. The molecule has 4 heterocycles. The van der Waals surface area contributed by atoms with Crippen LogP contribution in [0.2, 0.25) is 0 Å². The number of hydrogen-bond donors (Lipinski definition) is 1. The summed E-state index contributed by atoms with van der Waals surface area (Å²) in [6, 6.07) is 6.78. The van der Waals surface area contributed by atoms with Crippen LogP contribution in [-0.2, 0) is 44.7 Å². The zero-order chi connectivity index (χ0) is 25.5. The van der Waals surface area contributed by atoms with Gasteiger partial charge in [0.1, 0.15) is 5.75 Å². The van der Waals surface area contributed by atoms with E-state index in [1.165, 1.54) is 0 Å². The van der Waals surface area contributed by atoms with Gasteiger partial charge in [0.2, 0.25) is 12.1 Å². The highest BCUT2D eigenvalue weighted by Crippen LogP contribution is 2.60. The maximum absolute atomic E-state index is 12.6. The molecule has 5 aliphatic rings. The van der Waals surface area contributed by atoms with E-state index in [9.17, 15) is 14.7 Å². The van der Waals surface area contributed by atoms with Gasteiger partial charge in [0, 0.05) is 24.7 Å². The maximum atomic E-state index is 12.6. The van der Waals surface area contributed by atoms with E-state index in [-0.39, 0.29) is 43.0 Å². The van der Waals surface area contributed by atoms with Crippen LogP contribution in [0.3, 0.4) is 0 Å². The molecule has 1 N–H and O–H groups in total. The number of esters is 2. The monoisotopic (exact) mass is 504 g/mol. The number of ether oxygens (including phenoxy) is 4. The highest BCUT2D eigenvalue weighted by Gasteiger charge is 2.69. The topological polar surface area (TPSA) is 110 Å². The van der Waals surface area contributed by atoms with E-state index in [1.807, 2.05) is 19.9 Å². The summed E-state index contributed by atoms with van der Waals surface area (Å²) >= 11 is 0. The van der Waals surface area contributed by atoms with Crippen LogP contribution in [-0.4, -0.2) is 47.6 Å². The average molecular weight is 505 g/mol. The minimum absolute atomic E-state index is 0.0558. The van der Waals surface area contributed by atoms with Gasteiger partial charge in [-0.05, 0) is 55.7 Å². The third-order valence-corrected chi connectivity index (χ3v) is 8.44. The van der Waals surface area contributed by atoms with Gasteiger partial charge in [0.25, 0.3) is 0 Å². The molecule has 1 saturated carbocycles. The Labute approximate surface area is 211 Å². The van der Waals surface area contributed by atoms with Crippen molar-refractivity contribution in [3.8, 4) is 5.75 Å². The molecule has 1 aromatic rings. The summed E-state index contributed by atoms with van der Waals surface area (Å²) in [7, 11) is 0. The van der Waals surface area contributed by atoms with E-state index < -0.39 is 35.9 Å². The fourth-order valence-corrected chi connectivity index (χ4v) is 6.47. The molecular formula is C27H36O9. The summed E-state index contributed by atoms with van der Waals surface area (Å²) in [6.45, 7) is 6.28. The summed E-state index contributed by atoms with van der Waals surface area (Å²) in [5, 5.41) is 9.51. The molecule has 0 radical (unpaired) electrons. The lowest BCUT2D eigenvalue weighted by Gasteiger charge is -2.59. The highest BCUT2D eigenvalue weighted by molar-refractivity contribution is 5.77. The van der Waals surface area contributed by atoms with Crippen molar-refractivity contribution < 1.29 is 43.4 Å². The molecule has 2 bridgehead atoms. The second-order valence-corrected chi connectivity index (χ2v) is 10.9. The number of fused-ring (bicyclic) bond motifs is 2. The molecule has 4 saturated heterocycles. The average Bonchev–Trinajstić information content (AvgIpc) is 3.07. The fourth-order valence-electron chi connectivity index (χ4n) is 6.47. The molecule has 9 nitrogen and oxygen atoms in total. The van der Waals surface area contributed by atoms with Gasteiger partial charge in [0.05, 0.1) is 19.4 Å². The second-order valence-electron chi connectivity index (χ2n) is 10.9. The standard InChI is InChI=1S/C27H36O9/c1-16-7-8-21-17(2)24(33-25-27(21)20(16)11-13-26(3,34-25)35-36-27)32-23(30)10-9-22(29)31-14-12-18-5-4-6-19(28)15-18/h4-6,15-17,20-21,24-25,28H,7-14H2,1-3H3/t16-,17-,20+,21?,24-,25-,26+,27?/m1/s1. The molecule has 9 heteroatoms. The van der Waals surface area contributed by atoms with Gasteiger partial charge in [-0.2, -0.15) is 0 Å². The molecule has 198 valence electrons. The van der Waals surface area contributed by atoms with Crippen molar-refractivity contribution in [2.24, 2.45) is 23.7 Å². The highest BCUT2D eigenvalue weighted by atomic mass is 17.3. The Morgan fingerprint density at radius 1 is 1.08 bits per heavy atom. The van der Waals surface area contributed by atoms with Gasteiger partial charge in [-0.15, -0.1) is 0 Å². The zero-order valence-electron chi connectivity index (χ0n) is 21.1. The van der Waals surface area contributed by atoms with E-state index in [0.717, 1.165) is 24.8 Å². The molecule has 5 fully saturated rings. The van der Waals surface area contributed by atoms with Crippen molar-refractivity contribution >= 4 is 11.9 Å². The molecule has 6 rings (SSSR count). The first-order valence-electron chi connectivity index (χ1n) is 13.0. The maximum Gasteiger partial charge on any atom is 0.308 e. The van der Waals surface area contributed by atoms with Crippen LogP contribution < -0.4 is 0 Å². The van der Waals surface area contributed by atoms with Crippen LogP contribution in [0, 0.1) is 23.7 Å². The molecular weight excluding hydrogens is 468 g/mol. The SMILES string of the molecule is C[C@@H]1CCC2[C@@H](C)[C@H](OC(=O)CCC(=O)OCCc3cccc(O)c3)O[C@@H]3O[C@]4(C)CC[C@@H]1C23OO4. The van der Waals surface area contributed by atoms with Crippen LogP contribution >= 0.6 is 0 Å². The second kappa shape index (κ2) is 9.93. The normalized spacial score (nSPS) is 39.1. The van der Waals surface area contributed by atoms with Crippen molar-refractivity contribution in [1.82, 2.24) is 0 Å². The van der Waals surface area contributed by atoms with Gasteiger partial charge in [-0.3, -0.25) is 9.59 Å². The number of hydrogen-bond acceptors (Lipinski definition) is 9. The quantitative estimate of drug-likeness (QED) is 0.435. The number of carbonyl (C=O) groups is 2. The van der Waals surface area contributed by atoms with Gasteiger partial charge >= 0.3 is 11.9 Å². The number of aromatic hydroxyl groups is 1. The first kappa shape index (κ1) is 25.4. The van der Waals surface area contributed by atoms with E-state index in [2.05, 4.69) is 6.92 Å². The Morgan fingerprint density at radius 3 is 2.69 bits per heavy atom. The number of phenols is 1. The van der Waals surface area contributed by atoms with E-state index in [0.29, 0.717) is 18.8 Å². The fraction of sp³-hybridized carbons (Fsp3) is 0.704. The number of carbonyl (C=O) groups excluding carboxylic acids is 2. The summed E-state index contributed by atoms with van der Waals surface area (Å²) in [4.78, 5) is 36.7. The van der Waals surface area contributed by atoms with Crippen molar-refractivity contribution in [3.63, 3.8) is 0 Å². The molecule has 1 aromatic carbocycles. The predicted octanol–water partition coefficient (Wildman–Crippen LogP) is 4.01. The van der Waals surface area contributed by atoms with E-state index >= 15 is 0 Å². The molecule has 2 unspecified atom stereocenters. The predicted molar refractivity (Wildman–Crippen MR) is 125 cm³/mol. The third kappa shape index (κ3) is 4.74.